The number of unbranched alkanes of at least 4 members (excludes halogenated alkanes) is 14. The summed E-state index contributed by atoms with van der Waals surface area (Å²) in [5.41, 5.74) is 55.7. The van der Waals surface area contributed by atoms with Gasteiger partial charge in [0.25, 0.3) is 0 Å². The third kappa shape index (κ3) is 20.5. The molecule has 4 aromatic heterocycles. The molecule has 1 amide bonds. The van der Waals surface area contributed by atoms with Crippen LogP contribution >= 0.6 is 45.3 Å². The van der Waals surface area contributed by atoms with E-state index in [0.29, 0.717) is 6.54 Å². The molecule has 0 radical (unpaired) electrons. The predicted molar refractivity (Wildman–Crippen MR) is 652 cm³/mol. The number of carbonyl (C=O) groups excluding carboxylic acids is 1. The van der Waals surface area contributed by atoms with E-state index in [2.05, 4.69) is 345 Å². The molecule has 0 atom stereocenters. The smallest absolute Gasteiger partial charge is 0.407 e. The van der Waals surface area contributed by atoms with Crippen LogP contribution < -0.4 is 11.1 Å². The monoisotopic (exact) mass is 2070 g/mol. The number of carbonyl (C=O) groups is 1. The molecule has 8 heteroatoms. The van der Waals surface area contributed by atoms with Crippen LogP contribution in [-0.4, -0.2) is 24.8 Å². The molecule has 0 fully saturated rings. The number of benzene rings is 8. The fourth-order valence-electron chi connectivity index (χ4n) is 29.6. The van der Waals surface area contributed by atoms with E-state index in [4.69, 9.17) is 10.5 Å². The summed E-state index contributed by atoms with van der Waals surface area (Å²) >= 11 is 8.27. The minimum atomic E-state index is -0.454. The number of nitrogens with one attached hydrogen (secondary N) is 1. The molecule has 0 saturated carbocycles. The van der Waals surface area contributed by atoms with Crippen molar-refractivity contribution in [3.63, 3.8) is 0 Å². The van der Waals surface area contributed by atoms with Crippen molar-refractivity contribution >= 4 is 51.4 Å². The second-order valence-electron chi connectivity index (χ2n) is 49.0. The van der Waals surface area contributed by atoms with Crippen LogP contribution in [0, 0.1) is 41.5 Å². The van der Waals surface area contributed by atoms with Gasteiger partial charge in [-0.3, -0.25) is 0 Å². The van der Waals surface area contributed by atoms with Gasteiger partial charge in [0.05, 0.1) is 0 Å². The van der Waals surface area contributed by atoms with Crippen LogP contribution in [0.1, 0.15) is 507 Å². The van der Waals surface area contributed by atoms with E-state index in [-0.39, 0.29) is 49.4 Å². The quantitative estimate of drug-likeness (QED) is 0.0374. The molecule has 8 aliphatic carbocycles. The number of nitrogens with two attached hydrogens (primary N) is 1. The van der Waals surface area contributed by atoms with Gasteiger partial charge in [0.2, 0.25) is 0 Å². The van der Waals surface area contributed by atoms with Gasteiger partial charge < -0.3 is 15.8 Å². The van der Waals surface area contributed by atoms with E-state index >= 15 is 0 Å². The molecule has 4 nitrogen and oxygen atoms in total. The van der Waals surface area contributed by atoms with Crippen molar-refractivity contribution in [2.75, 3.05) is 13.1 Å². The van der Waals surface area contributed by atoms with Crippen molar-refractivity contribution in [2.24, 2.45) is 5.73 Å². The first kappa shape index (κ1) is 112. The van der Waals surface area contributed by atoms with Crippen molar-refractivity contribution in [1.29, 1.82) is 0 Å². The molecule has 0 spiro atoms. The van der Waals surface area contributed by atoms with Crippen molar-refractivity contribution in [2.45, 2.75) is 478 Å². The number of fused-ring (bicyclic) bond motifs is 24. The first-order valence-electron chi connectivity index (χ1n) is 60.2. The second kappa shape index (κ2) is 47.2. The minimum absolute atomic E-state index is 0.0224. The van der Waals surface area contributed by atoms with Crippen molar-refractivity contribution < 1.29 is 9.53 Å². The third-order valence-corrected chi connectivity index (χ3v) is 41.8. The molecule has 3 N–H and O–H groups in total. The van der Waals surface area contributed by atoms with Crippen molar-refractivity contribution in [1.82, 2.24) is 5.32 Å². The summed E-state index contributed by atoms with van der Waals surface area (Å²) in [6.45, 7) is 54.0. The normalized spacial score (nSPS) is 15.9. The summed E-state index contributed by atoms with van der Waals surface area (Å²) in [7, 11) is 0. The molecule has 4 heterocycles. The zero-order chi connectivity index (χ0) is 106. The molecule has 8 aromatic carbocycles. The lowest BCUT2D eigenvalue weighted by Crippen LogP contribution is -2.33. The summed E-state index contributed by atoms with van der Waals surface area (Å²) in [6, 6.07) is 60.1. The van der Waals surface area contributed by atoms with Gasteiger partial charge in [0.1, 0.15) is 5.60 Å². The fourth-order valence-corrected chi connectivity index (χ4v) is 34.3. The number of alkyl carbamates (subject to hydrolysis) is 1. The molecule has 0 bridgehead atoms. The molecule has 796 valence electrons. The second-order valence-corrected chi connectivity index (χ2v) is 53.4. The summed E-state index contributed by atoms with van der Waals surface area (Å²) in [6.07, 6.45) is 52.2. The Bertz CT molecular complexity index is 6290. The van der Waals surface area contributed by atoms with Gasteiger partial charge in [0.15, 0.2) is 0 Å². The average Bonchev–Trinajstić information content (AvgIpc) is 1.51. The highest BCUT2D eigenvalue weighted by molar-refractivity contribution is 7.16. The van der Waals surface area contributed by atoms with Crippen LogP contribution in [-0.2, 0) is 48.1 Å². The Morgan fingerprint density at radius 2 is 0.510 bits per heavy atom. The number of rotatable bonds is 45. The molecule has 0 unspecified atom stereocenters. The minimum Gasteiger partial charge on any atom is -0.444 e. The summed E-state index contributed by atoms with van der Waals surface area (Å²) < 4.78 is 5.31. The summed E-state index contributed by atoms with van der Waals surface area (Å²) in [4.78, 5) is 21.4. The van der Waals surface area contributed by atoms with E-state index in [1.54, 1.807) is 131 Å². The Labute approximate surface area is 919 Å². The van der Waals surface area contributed by atoms with Crippen LogP contribution in [0.4, 0.5) is 4.79 Å². The van der Waals surface area contributed by atoms with Gasteiger partial charge in [-0.2, -0.15) is 0 Å². The van der Waals surface area contributed by atoms with Crippen LogP contribution in [0.25, 0.3) is 87.6 Å². The maximum atomic E-state index is 11.8. The lowest BCUT2D eigenvalue weighted by atomic mass is 9.68. The Hall–Kier alpha value is -8.21. The van der Waals surface area contributed by atoms with Gasteiger partial charge in [-0.1, -0.05) is 359 Å². The highest BCUT2D eigenvalue weighted by Crippen LogP contribution is 2.70. The van der Waals surface area contributed by atoms with E-state index in [9.17, 15) is 4.79 Å². The topological polar surface area (TPSA) is 64.3 Å². The standard InChI is InChI=1S/2C48H64S2.C25H33NO2.C20H25N/c2*1-8-14-21-46(22-15-9-2)39-29-35-34-20-27-49-45(34)48(25-18-12-5,26-19-13-6)41(35)30-36(39)37-31-42-38(32-40(37)46)44-43(28-33(7)50-44)47(42,23-16-10-3)24-17-11-4;1-17-9-11-19-20-12-10-18(2)16-22(20)25(6,21(19)15-17)13-7-8-14-26-23(27)28-24(3,4)5;1-14-6-8-16-17-9-7-15(2)13-19(17)20(3,18(16)12-14)10-4-5-11-21/h2*20,27-32H,8-19,21-26H2,1-7H3;9-12,15-16H,7-8,13-14H2,1-6H3,(H,26,27);6-9,12-13H,4-5,10-11,21H2,1-3H3. The molecule has 12 aromatic rings. The highest BCUT2D eigenvalue weighted by atomic mass is 32.1. The van der Waals surface area contributed by atoms with E-state index < -0.39 is 5.60 Å². The Morgan fingerprint density at radius 3 is 0.779 bits per heavy atom. The first-order valence-corrected chi connectivity index (χ1v) is 63.6. The largest absolute Gasteiger partial charge is 0.444 e. The molecule has 0 saturated heterocycles. The molecule has 0 aliphatic heterocycles. The van der Waals surface area contributed by atoms with Gasteiger partial charge in [0, 0.05) is 79.1 Å². The van der Waals surface area contributed by atoms with Gasteiger partial charge in [-0.15, -0.1) is 45.3 Å². The van der Waals surface area contributed by atoms with E-state index in [1.165, 1.54) is 321 Å². The zero-order valence-corrected chi connectivity index (χ0v) is 99.9. The maximum absolute atomic E-state index is 11.8. The van der Waals surface area contributed by atoms with Crippen molar-refractivity contribution in [3.8, 4) is 87.6 Å². The zero-order valence-electron chi connectivity index (χ0n) is 96.7. The SMILES string of the molecule is CCCCC1(CCCC)c2cc3c(cc2-c2cc4c(cc21)-c1ccsc1C4(CCCC)CCCC)C(CCCC)(CCCC)c1cc(C)sc1-3.CCCCC1(CCCC)c2cc3c(cc2-c2cc4c(cc21)-c1ccsc1C4(CCCC)CCCC)C(CCCC)(CCCC)c1cc(C)sc1-3.Cc1ccc2c(c1)C(C)(CCCCN)c1cc(C)ccc1-2.Cc1ccc2c(c1)C(C)(CCCCNC(=O)OC(C)(C)C)c1cc(C)ccc1-2. The van der Waals surface area contributed by atoms with Crippen LogP contribution in [0.15, 0.2) is 156 Å². The predicted octanol–water partition coefficient (Wildman–Crippen LogP) is 43.1. The molecule has 8 aliphatic rings. The third-order valence-electron chi connectivity index (χ3n) is 37.4. The van der Waals surface area contributed by atoms with Gasteiger partial charge in [-0.05, 0) is 411 Å². The number of ether oxygens (including phenoxy) is 1. The maximum Gasteiger partial charge on any atom is 0.407 e. The number of thiophene rings is 4. The Balaban J connectivity index is 0.000000143. The van der Waals surface area contributed by atoms with E-state index in [0.717, 1.165) is 32.2 Å². The summed E-state index contributed by atoms with van der Waals surface area (Å²) in [5, 5.41) is 7.68. The van der Waals surface area contributed by atoms with Crippen LogP contribution in [0.5, 0.6) is 0 Å². The van der Waals surface area contributed by atoms with Crippen molar-refractivity contribution in [3.05, 3.63) is 276 Å². The molecular weight excluding hydrogens is 1880 g/mol. The number of amides is 1. The first-order chi connectivity index (χ1) is 71.9. The molecule has 149 heavy (non-hydrogen) atoms. The average molecular weight is 2070 g/mol. The lowest BCUT2D eigenvalue weighted by Gasteiger charge is -2.35. The number of hydrogen-bond acceptors (Lipinski definition) is 7. The van der Waals surface area contributed by atoms with Gasteiger partial charge in [-0.25, -0.2) is 4.79 Å². The fraction of sp³-hybridized carbons (Fsp3) is 0.539. The molecular formula is C141H186N2O2S4. The van der Waals surface area contributed by atoms with Gasteiger partial charge >= 0.3 is 6.09 Å². The van der Waals surface area contributed by atoms with E-state index in [1.807, 2.05) is 20.8 Å². The molecule has 20 rings (SSSR count). The Kier molecular flexibility index (Phi) is 35.5. The highest BCUT2D eigenvalue weighted by Gasteiger charge is 2.56. The summed E-state index contributed by atoms with van der Waals surface area (Å²) in [5.74, 6) is 0. The lowest BCUT2D eigenvalue weighted by molar-refractivity contribution is 0.0526. The number of hydrogen-bond donors (Lipinski definition) is 2. The number of aryl methyl sites for hydroxylation is 6. The van der Waals surface area contributed by atoms with Crippen LogP contribution in [0.2, 0.25) is 0 Å². The van der Waals surface area contributed by atoms with Crippen LogP contribution in [0.3, 0.4) is 0 Å². The Morgan fingerprint density at radius 1 is 0.268 bits per heavy atom.